The van der Waals surface area contributed by atoms with Gasteiger partial charge in [0.05, 0.1) is 6.42 Å². The number of anilines is 4. The van der Waals surface area contributed by atoms with E-state index < -0.39 is 0 Å². The number of aromatic nitrogens is 3. The van der Waals surface area contributed by atoms with E-state index in [1.165, 1.54) is 12.8 Å². The van der Waals surface area contributed by atoms with Crippen molar-refractivity contribution in [3.8, 4) is 0 Å². The Kier molecular flexibility index (Phi) is 5.46. The number of hydrogen-bond acceptors (Lipinski definition) is 5. The molecule has 2 aromatic carbocycles. The number of carbonyl (C=O) groups excluding carboxylic acids is 1. The van der Waals surface area contributed by atoms with E-state index in [0.717, 1.165) is 58.4 Å². The van der Waals surface area contributed by atoms with Crippen LogP contribution in [0.15, 0.2) is 60.8 Å². The maximum atomic E-state index is 12.5. The highest BCUT2D eigenvalue weighted by atomic mass is 16.1. The van der Waals surface area contributed by atoms with Crippen LogP contribution in [0.3, 0.4) is 0 Å². The lowest BCUT2D eigenvalue weighted by molar-refractivity contribution is -0.115. The number of benzene rings is 2. The summed E-state index contributed by atoms with van der Waals surface area (Å²) in [7, 11) is 0. The summed E-state index contributed by atoms with van der Waals surface area (Å²) >= 11 is 0. The minimum atomic E-state index is -0.0443. The molecule has 162 valence electrons. The lowest BCUT2D eigenvalue weighted by Crippen LogP contribution is -2.19. The molecule has 0 bridgehead atoms. The Bertz CT molecular complexity index is 1240. The molecule has 4 aromatic rings. The van der Waals surface area contributed by atoms with E-state index in [4.69, 9.17) is 0 Å². The number of nitrogens with one attached hydrogen (secondary N) is 3. The van der Waals surface area contributed by atoms with Crippen LogP contribution < -0.4 is 15.5 Å². The van der Waals surface area contributed by atoms with Crippen LogP contribution in [0.5, 0.6) is 0 Å². The first-order chi connectivity index (χ1) is 15.6. The Balaban J connectivity index is 1.23. The molecule has 0 atom stereocenters. The average Bonchev–Trinajstić information content (AvgIpc) is 3.46. The number of hydrogen-bond donors (Lipinski definition) is 3. The zero-order valence-corrected chi connectivity index (χ0v) is 18.1. The third-order valence-electron chi connectivity index (χ3n) is 5.72. The van der Waals surface area contributed by atoms with Crippen molar-refractivity contribution in [1.82, 2.24) is 15.0 Å². The highest BCUT2D eigenvalue weighted by Crippen LogP contribution is 2.24. The molecule has 7 nitrogen and oxygen atoms in total. The van der Waals surface area contributed by atoms with Crippen molar-refractivity contribution in [2.75, 3.05) is 28.6 Å². The minimum absolute atomic E-state index is 0.0443. The van der Waals surface area contributed by atoms with Gasteiger partial charge in [0.1, 0.15) is 17.5 Å². The highest BCUT2D eigenvalue weighted by Gasteiger charge is 2.15. The first kappa shape index (κ1) is 20.1. The van der Waals surface area contributed by atoms with Gasteiger partial charge in [0.2, 0.25) is 5.91 Å². The molecule has 0 saturated carbocycles. The second-order valence-corrected chi connectivity index (χ2v) is 8.14. The Morgan fingerprint density at radius 2 is 1.78 bits per heavy atom. The molecule has 3 heterocycles. The number of H-pyrrole nitrogens is 1. The predicted octanol–water partition coefficient (Wildman–Crippen LogP) is 4.79. The highest BCUT2D eigenvalue weighted by molar-refractivity contribution is 5.95. The van der Waals surface area contributed by atoms with E-state index in [0.29, 0.717) is 6.42 Å². The van der Waals surface area contributed by atoms with Gasteiger partial charge in [0.25, 0.3) is 0 Å². The topological polar surface area (TPSA) is 85.9 Å². The van der Waals surface area contributed by atoms with Crippen LogP contribution in [-0.2, 0) is 11.2 Å². The SMILES string of the molecule is Cc1nc(Nc2ccc(NC(=O)Cc3c[nH]c4ccccc34)cc2)cc(N2CCCC2)n1. The summed E-state index contributed by atoms with van der Waals surface area (Å²) in [5, 5.41) is 7.41. The van der Waals surface area contributed by atoms with Crippen LogP contribution in [0.2, 0.25) is 0 Å². The average molecular weight is 427 g/mol. The van der Waals surface area contributed by atoms with Gasteiger partial charge in [-0.15, -0.1) is 0 Å². The Morgan fingerprint density at radius 1 is 1.03 bits per heavy atom. The summed E-state index contributed by atoms with van der Waals surface area (Å²) in [6.07, 6.45) is 4.64. The van der Waals surface area contributed by atoms with Gasteiger partial charge in [-0.05, 0) is 55.7 Å². The van der Waals surface area contributed by atoms with Crippen molar-refractivity contribution in [2.24, 2.45) is 0 Å². The fourth-order valence-electron chi connectivity index (χ4n) is 4.17. The van der Waals surface area contributed by atoms with Gasteiger partial charge >= 0.3 is 0 Å². The molecular weight excluding hydrogens is 400 g/mol. The van der Waals surface area contributed by atoms with Crippen LogP contribution in [-0.4, -0.2) is 33.9 Å². The van der Waals surface area contributed by atoms with Crippen molar-refractivity contribution in [2.45, 2.75) is 26.2 Å². The van der Waals surface area contributed by atoms with E-state index >= 15 is 0 Å². The van der Waals surface area contributed by atoms with Gasteiger partial charge < -0.3 is 20.5 Å². The first-order valence-electron chi connectivity index (χ1n) is 11.0. The molecule has 3 N–H and O–H groups in total. The fourth-order valence-corrected chi connectivity index (χ4v) is 4.17. The maximum absolute atomic E-state index is 12.5. The van der Waals surface area contributed by atoms with Crippen molar-refractivity contribution >= 4 is 39.8 Å². The number of aryl methyl sites for hydroxylation is 1. The van der Waals surface area contributed by atoms with Crippen LogP contribution in [0.1, 0.15) is 24.2 Å². The lowest BCUT2D eigenvalue weighted by Gasteiger charge is -2.18. The van der Waals surface area contributed by atoms with E-state index in [1.54, 1.807) is 0 Å². The van der Waals surface area contributed by atoms with Crippen LogP contribution in [0.25, 0.3) is 10.9 Å². The number of rotatable bonds is 6. The standard InChI is InChI=1S/C25H26N6O/c1-17-27-23(15-24(28-17)31-12-4-5-13-31)29-19-8-10-20(11-9-19)30-25(32)14-18-16-26-22-7-3-2-6-21(18)22/h2-3,6-11,15-16,26H,4-5,12-14H2,1H3,(H,30,32)(H,27,28,29). The summed E-state index contributed by atoms with van der Waals surface area (Å²) in [5.74, 6) is 2.45. The number of carbonyl (C=O) groups is 1. The second kappa shape index (κ2) is 8.70. The molecule has 1 amide bonds. The van der Waals surface area contributed by atoms with Gasteiger partial charge in [-0.1, -0.05) is 18.2 Å². The monoisotopic (exact) mass is 426 g/mol. The van der Waals surface area contributed by atoms with Gasteiger partial charge in [0, 0.05) is 47.6 Å². The maximum Gasteiger partial charge on any atom is 0.228 e. The zero-order chi connectivity index (χ0) is 21.9. The van der Waals surface area contributed by atoms with Crippen LogP contribution in [0, 0.1) is 6.92 Å². The second-order valence-electron chi connectivity index (χ2n) is 8.14. The van der Waals surface area contributed by atoms with Crippen LogP contribution >= 0.6 is 0 Å². The van der Waals surface area contributed by atoms with Crippen molar-refractivity contribution < 1.29 is 4.79 Å². The first-order valence-corrected chi connectivity index (χ1v) is 11.0. The number of aromatic amines is 1. The predicted molar refractivity (Wildman–Crippen MR) is 129 cm³/mol. The van der Waals surface area contributed by atoms with Crippen LogP contribution in [0.4, 0.5) is 23.0 Å². The van der Waals surface area contributed by atoms with Crippen molar-refractivity contribution in [1.29, 1.82) is 0 Å². The normalized spacial score (nSPS) is 13.5. The van der Waals surface area contributed by atoms with Gasteiger partial charge in [-0.25, -0.2) is 9.97 Å². The molecule has 0 aliphatic carbocycles. The summed E-state index contributed by atoms with van der Waals surface area (Å²) in [4.78, 5) is 27.1. The molecule has 1 fully saturated rings. The summed E-state index contributed by atoms with van der Waals surface area (Å²) in [6, 6.07) is 17.7. The van der Waals surface area contributed by atoms with E-state index in [-0.39, 0.29) is 5.91 Å². The lowest BCUT2D eigenvalue weighted by atomic mass is 10.1. The molecule has 0 radical (unpaired) electrons. The number of amides is 1. The van der Waals surface area contributed by atoms with Gasteiger partial charge in [0.15, 0.2) is 0 Å². The molecule has 0 unspecified atom stereocenters. The van der Waals surface area contributed by atoms with E-state index in [1.807, 2.05) is 67.7 Å². The third kappa shape index (κ3) is 4.42. The molecule has 1 aliphatic rings. The quantitative estimate of drug-likeness (QED) is 0.413. The van der Waals surface area contributed by atoms with E-state index in [2.05, 4.69) is 30.5 Å². The molecule has 1 saturated heterocycles. The van der Waals surface area contributed by atoms with Gasteiger partial charge in [-0.2, -0.15) is 0 Å². The Hall–Kier alpha value is -3.87. The molecule has 32 heavy (non-hydrogen) atoms. The smallest absolute Gasteiger partial charge is 0.228 e. The summed E-state index contributed by atoms with van der Waals surface area (Å²) in [6.45, 7) is 4.00. The largest absolute Gasteiger partial charge is 0.361 e. The number of nitrogens with zero attached hydrogens (tertiary/aromatic N) is 3. The van der Waals surface area contributed by atoms with Gasteiger partial charge in [-0.3, -0.25) is 4.79 Å². The van der Waals surface area contributed by atoms with Crippen molar-refractivity contribution in [3.63, 3.8) is 0 Å². The molecule has 5 rings (SSSR count). The molecule has 7 heteroatoms. The summed E-state index contributed by atoms with van der Waals surface area (Å²) in [5.41, 5.74) is 3.70. The molecule has 2 aromatic heterocycles. The fraction of sp³-hybridized carbons (Fsp3) is 0.240. The summed E-state index contributed by atoms with van der Waals surface area (Å²) < 4.78 is 0. The number of fused-ring (bicyclic) bond motifs is 1. The Labute approximate surface area is 186 Å². The zero-order valence-electron chi connectivity index (χ0n) is 18.1. The minimum Gasteiger partial charge on any atom is -0.361 e. The number of para-hydroxylation sites is 1. The third-order valence-corrected chi connectivity index (χ3v) is 5.72. The Morgan fingerprint density at radius 3 is 2.59 bits per heavy atom. The van der Waals surface area contributed by atoms with Crippen molar-refractivity contribution in [3.05, 3.63) is 72.2 Å². The van der Waals surface area contributed by atoms with E-state index in [9.17, 15) is 4.79 Å². The molecular formula is C25H26N6O. The molecule has 0 spiro atoms. The molecule has 1 aliphatic heterocycles.